The van der Waals surface area contributed by atoms with Crippen LogP contribution in [0.1, 0.15) is 0 Å². The SMILES string of the molecule is COC(=O)CO.c1ccsc1. The lowest BCUT2D eigenvalue weighted by atomic mass is 10.7. The number of carbonyl (C=O) groups is 1. The van der Waals surface area contributed by atoms with E-state index < -0.39 is 12.6 Å². The number of hydrogen-bond acceptors (Lipinski definition) is 4. The summed E-state index contributed by atoms with van der Waals surface area (Å²) in [6.07, 6.45) is 0. The van der Waals surface area contributed by atoms with Crippen molar-refractivity contribution in [2.45, 2.75) is 0 Å². The minimum Gasteiger partial charge on any atom is -0.467 e. The minimum atomic E-state index is -0.602. The summed E-state index contributed by atoms with van der Waals surface area (Å²) in [4.78, 5) is 9.71. The van der Waals surface area contributed by atoms with Gasteiger partial charge in [-0.1, -0.05) is 12.1 Å². The molecule has 1 aromatic rings. The molecule has 1 N–H and O–H groups in total. The summed E-state index contributed by atoms with van der Waals surface area (Å²) in [7, 11) is 1.22. The predicted molar refractivity (Wildman–Crippen MR) is 43.4 cm³/mol. The molecule has 0 aliphatic carbocycles. The summed E-state index contributed by atoms with van der Waals surface area (Å²) >= 11 is 1.71. The molecule has 1 heterocycles. The first kappa shape index (κ1) is 10.1. The van der Waals surface area contributed by atoms with Crippen LogP contribution >= 0.6 is 11.3 Å². The van der Waals surface area contributed by atoms with Crippen LogP contribution in [-0.2, 0) is 9.53 Å². The van der Waals surface area contributed by atoms with Crippen LogP contribution < -0.4 is 0 Å². The molecule has 0 spiro atoms. The maximum atomic E-state index is 9.71. The van der Waals surface area contributed by atoms with Gasteiger partial charge in [-0.05, 0) is 10.8 Å². The monoisotopic (exact) mass is 174 g/mol. The van der Waals surface area contributed by atoms with Crippen molar-refractivity contribution in [2.24, 2.45) is 0 Å². The maximum absolute atomic E-state index is 9.71. The summed E-state index contributed by atoms with van der Waals surface area (Å²) in [6.45, 7) is -0.531. The molecule has 0 unspecified atom stereocenters. The second kappa shape index (κ2) is 7.24. The normalized spacial score (nSPS) is 7.82. The van der Waals surface area contributed by atoms with E-state index in [9.17, 15) is 4.79 Å². The van der Waals surface area contributed by atoms with Crippen molar-refractivity contribution in [1.82, 2.24) is 0 Å². The van der Waals surface area contributed by atoms with Crippen molar-refractivity contribution in [2.75, 3.05) is 13.7 Å². The van der Waals surface area contributed by atoms with Crippen LogP contribution in [0.3, 0.4) is 0 Å². The van der Waals surface area contributed by atoms with Crippen LogP contribution in [0.15, 0.2) is 22.9 Å². The molecular formula is C7H10O3S. The molecule has 0 bridgehead atoms. The first-order valence-corrected chi connectivity index (χ1v) is 3.90. The smallest absolute Gasteiger partial charge is 0.331 e. The third-order valence-corrected chi connectivity index (χ3v) is 1.41. The Labute approximate surface area is 69.2 Å². The standard InChI is InChI=1S/C4H4S.C3H6O3/c1-2-4-5-3-1;1-6-3(5)2-4/h1-4H;4H,2H2,1H3. The van der Waals surface area contributed by atoms with Crippen molar-refractivity contribution >= 4 is 17.3 Å². The van der Waals surface area contributed by atoms with Gasteiger partial charge in [-0.25, -0.2) is 4.79 Å². The molecule has 0 radical (unpaired) electrons. The van der Waals surface area contributed by atoms with Gasteiger partial charge in [-0.2, -0.15) is 11.3 Å². The Bertz CT molecular complexity index is 149. The van der Waals surface area contributed by atoms with E-state index in [4.69, 9.17) is 5.11 Å². The van der Waals surface area contributed by atoms with Crippen molar-refractivity contribution in [3.8, 4) is 0 Å². The number of carbonyl (C=O) groups excluding carboxylic acids is 1. The molecule has 0 aliphatic rings. The van der Waals surface area contributed by atoms with E-state index in [1.165, 1.54) is 7.11 Å². The third kappa shape index (κ3) is 7.02. The van der Waals surface area contributed by atoms with E-state index in [-0.39, 0.29) is 0 Å². The van der Waals surface area contributed by atoms with Gasteiger partial charge in [-0.15, -0.1) is 0 Å². The van der Waals surface area contributed by atoms with E-state index in [1.54, 1.807) is 11.3 Å². The lowest BCUT2D eigenvalue weighted by molar-refractivity contribution is -0.143. The Morgan fingerprint density at radius 2 is 2.09 bits per heavy atom. The van der Waals surface area contributed by atoms with Gasteiger partial charge in [0.05, 0.1) is 7.11 Å². The fourth-order valence-electron chi connectivity index (χ4n) is 0.291. The maximum Gasteiger partial charge on any atom is 0.331 e. The van der Waals surface area contributed by atoms with Gasteiger partial charge >= 0.3 is 5.97 Å². The number of esters is 1. The lowest BCUT2D eigenvalue weighted by Crippen LogP contribution is -2.04. The Morgan fingerprint density at radius 3 is 2.18 bits per heavy atom. The summed E-state index contributed by atoms with van der Waals surface area (Å²) in [5, 5.41) is 11.9. The van der Waals surface area contributed by atoms with Crippen LogP contribution in [0.2, 0.25) is 0 Å². The molecule has 0 saturated heterocycles. The molecule has 0 aromatic carbocycles. The first-order valence-electron chi connectivity index (χ1n) is 2.96. The molecule has 11 heavy (non-hydrogen) atoms. The van der Waals surface area contributed by atoms with E-state index in [0.29, 0.717) is 0 Å². The first-order chi connectivity index (χ1) is 5.31. The van der Waals surface area contributed by atoms with E-state index >= 15 is 0 Å². The summed E-state index contributed by atoms with van der Waals surface area (Å²) in [5.41, 5.74) is 0. The van der Waals surface area contributed by atoms with Gasteiger partial charge in [0.1, 0.15) is 6.61 Å². The number of hydrogen-bond donors (Lipinski definition) is 1. The minimum absolute atomic E-state index is 0.531. The second-order valence-electron chi connectivity index (χ2n) is 1.53. The van der Waals surface area contributed by atoms with Gasteiger partial charge in [0, 0.05) is 0 Å². The molecule has 62 valence electrons. The summed E-state index contributed by atoms with van der Waals surface area (Å²) in [5.74, 6) is -0.602. The Hall–Kier alpha value is -0.870. The van der Waals surface area contributed by atoms with Gasteiger partial charge in [0.2, 0.25) is 0 Å². The number of aliphatic hydroxyl groups is 1. The van der Waals surface area contributed by atoms with Crippen molar-refractivity contribution in [3.05, 3.63) is 22.9 Å². The largest absolute Gasteiger partial charge is 0.467 e. The number of thiophene rings is 1. The molecule has 0 fully saturated rings. The van der Waals surface area contributed by atoms with Crippen LogP contribution in [0.5, 0.6) is 0 Å². The van der Waals surface area contributed by atoms with Crippen molar-refractivity contribution < 1.29 is 14.6 Å². The molecule has 0 amide bonds. The van der Waals surface area contributed by atoms with Crippen molar-refractivity contribution in [1.29, 1.82) is 0 Å². The number of rotatable bonds is 1. The van der Waals surface area contributed by atoms with Crippen LogP contribution in [0, 0.1) is 0 Å². The number of aliphatic hydroxyl groups excluding tert-OH is 1. The number of methoxy groups -OCH3 is 1. The molecule has 3 nitrogen and oxygen atoms in total. The zero-order chi connectivity index (χ0) is 8.53. The van der Waals surface area contributed by atoms with Crippen molar-refractivity contribution in [3.63, 3.8) is 0 Å². The predicted octanol–water partition coefficient (Wildman–Crippen LogP) is 0.900. The van der Waals surface area contributed by atoms with Gasteiger partial charge in [0.25, 0.3) is 0 Å². The Balaban J connectivity index is 0.000000183. The molecule has 1 aromatic heterocycles. The van der Waals surface area contributed by atoms with E-state index in [2.05, 4.69) is 4.74 Å². The lowest BCUT2D eigenvalue weighted by Gasteiger charge is -1.86. The molecule has 0 atom stereocenters. The van der Waals surface area contributed by atoms with Gasteiger partial charge in [0.15, 0.2) is 0 Å². The Morgan fingerprint density at radius 1 is 1.55 bits per heavy atom. The Kier molecular flexibility index (Phi) is 6.67. The fourth-order valence-corrected chi connectivity index (χ4v) is 0.745. The van der Waals surface area contributed by atoms with Gasteiger partial charge < -0.3 is 9.84 Å². The molecular weight excluding hydrogens is 164 g/mol. The highest BCUT2D eigenvalue weighted by molar-refractivity contribution is 7.07. The quantitative estimate of drug-likeness (QED) is 0.643. The topological polar surface area (TPSA) is 46.5 Å². The summed E-state index contributed by atoms with van der Waals surface area (Å²) < 4.78 is 4.01. The highest BCUT2D eigenvalue weighted by Gasteiger charge is 1.89. The van der Waals surface area contributed by atoms with E-state index in [1.807, 2.05) is 22.9 Å². The van der Waals surface area contributed by atoms with Crippen LogP contribution in [0.25, 0.3) is 0 Å². The molecule has 0 aliphatic heterocycles. The highest BCUT2D eigenvalue weighted by Crippen LogP contribution is 1.91. The van der Waals surface area contributed by atoms with E-state index in [0.717, 1.165) is 0 Å². The highest BCUT2D eigenvalue weighted by atomic mass is 32.1. The second-order valence-corrected chi connectivity index (χ2v) is 2.34. The summed E-state index contributed by atoms with van der Waals surface area (Å²) in [6, 6.07) is 4.04. The fraction of sp³-hybridized carbons (Fsp3) is 0.286. The zero-order valence-corrected chi connectivity index (χ0v) is 7.00. The average molecular weight is 174 g/mol. The molecule has 4 heteroatoms. The zero-order valence-electron chi connectivity index (χ0n) is 6.19. The number of ether oxygens (including phenoxy) is 1. The molecule has 1 rings (SSSR count). The van der Waals surface area contributed by atoms with Crippen LogP contribution in [0.4, 0.5) is 0 Å². The van der Waals surface area contributed by atoms with Gasteiger partial charge in [-0.3, -0.25) is 0 Å². The third-order valence-electron chi connectivity index (χ3n) is 0.782. The van der Waals surface area contributed by atoms with Crippen LogP contribution in [-0.4, -0.2) is 24.8 Å². The molecule has 0 saturated carbocycles. The average Bonchev–Trinajstić information content (AvgIpc) is 2.60.